The highest BCUT2D eigenvalue weighted by Gasteiger charge is 2.37. The summed E-state index contributed by atoms with van der Waals surface area (Å²) in [5, 5.41) is 0. The highest BCUT2D eigenvalue weighted by atomic mass is 16.6. The van der Waals surface area contributed by atoms with Gasteiger partial charge in [-0.25, -0.2) is 4.79 Å². The molecular formula is C9H13NO2. The van der Waals surface area contributed by atoms with Crippen LogP contribution >= 0.6 is 0 Å². The summed E-state index contributed by atoms with van der Waals surface area (Å²) in [6.45, 7) is 2.66. The van der Waals surface area contributed by atoms with E-state index in [-0.39, 0.29) is 12.1 Å². The van der Waals surface area contributed by atoms with Crippen LogP contribution in [0.1, 0.15) is 19.8 Å². The summed E-state index contributed by atoms with van der Waals surface area (Å²) in [5.41, 5.74) is 0. The lowest BCUT2D eigenvalue weighted by molar-refractivity contribution is 0.149. The Labute approximate surface area is 72.0 Å². The fourth-order valence-corrected chi connectivity index (χ4v) is 1.88. The van der Waals surface area contributed by atoms with Crippen molar-refractivity contribution in [3.05, 3.63) is 12.2 Å². The number of fused-ring (bicyclic) bond motifs is 1. The first kappa shape index (κ1) is 7.65. The molecule has 1 saturated heterocycles. The molecule has 0 aromatic carbocycles. The van der Waals surface area contributed by atoms with E-state index < -0.39 is 0 Å². The van der Waals surface area contributed by atoms with Gasteiger partial charge in [-0.2, -0.15) is 0 Å². The van der Waals surface area contributed by atoms with E-state index in [2.05, 4.69) is 19.1 Å². The van der Waals surface area contributed by atoms with E-state index in [1.165, 1.54) is 0 Å². The summed E-state index contributed by atoms with van der Waals surface area (Å²) in [4.78, 5) is 13.1. The summed E-state index contributed by atoms with van der Waals surface area (Å²) >= 11 is 0. The lowest BCUT2D eigenvalue weighted by atomic mass is 10.0. The Bertz CT molecular complexity index is 225. The van der Waals surface area contributed by atoms with E-state index in [0.717, 1.165) is 12.8 Å². The molecule has 0 radical (unpaired) electrons. The van der Waals surface area contributed by atoms with Crippen molar-refractivity contribution in [2.45, 2.75) is 31.8 Å². The fourth-order valence-electron chi connectivity index (χ4n) is 1.88. The number of hydrogen-bond acceptors (Lipinski definition) is 2. The average molecular weight is 167 g/mol. The van der Waals surface area contributed by atoms with Gasteiger partial charge in [0.2, 0.25) is 0 Å². The van der Waals surface area contributed by atoms with E-state index >= 15 is 0 Å². The van der Waals surface area contributed by atoms with Crippen LogP contribution in [0.3, 0.4) is 0 Å². The molecule has 0 bridgehead atoms. The normalized spacial score (nSPS) is 33.4. The van der Waals surface area contributed by atoms with Crippen molar-refractivity contribution in [1.29, 1.82) is 0 Å². The van der Waals surface area contributed by atoms with Crippen molar-refractivity contribution in [2.75, 3.05) is 6.61 Å². The number of nitrogens with zero attached hydrogens (tertiary/aromatic N) is 1. The van der Waals surface area contributed by atoms with Crippen LogP contribution in [0.25, 0.3) is 0 Å². The maximum Gasteiger partial charge on any atom is 0.410 e. The largest absolute Gasteiger partial charge is 0.447 e. The van der Waals surface area contributed by atoms with Gasteiger partial charge in [0.25, 0.3) is 0 Å². The SMILES string of the molecule is CC[C@@H]1C=CC[C@H]2COC(=O)N21. The van der Waals surface area contributed by atoms with Crippen LogP contribution < -0.4 is 0 Å². The molecule has 2 aliphatic rings. The molecule has 3 nitrogen and oxygen atoms in total. The molecule has 0 unspecified atom stereocenters. The summed E-state index contributed by atoms with van der Waals surface area (Å²) in [6.07, 6.45) is 6.03. The van der Waals surface area contributed by atoms with Crippen LogP contribution in [0.4, 0.5) is 4.79 Å². The Hall–Kier alpha value is -0.990. The Morgan fingerprint density at radius 3 is 3.33 bits per heavy atom. The predicted octanol–water partition coefficient (Wildman–Crippen LogP) is 1.55. The molecular weight excluding hydrogens is 154 g/mol. The van der Waals surface area contributed by atoms with Gasteiger partial charge in [-0.1, -0.05) is 19.1 Å². The molecule has 2 atom stereocenters. The van der Waals surface area contributed by atoms with Crippen molar-refractivity contribution < 1.29 is 9.53 Å². The van der Waals surface area contributed by atoms with Crippen LogP contribution in [0, 0.1) is 0 Å². The lowest BCUT2D eigenvalue weighted by Gasteiger charge is -2.30. The van der Waals surface area contributed by atoms with Crippen molar-refractivity contribution >= 4 is 6.09 Å². The Balaban J connectivity index is 2.20. The zero-order valence-corrected chi connectivity index (χ0v) is 7.19. The highest BCUT2D eigenvalue weighted by Crippen LogP contribution is 2.25. The number of ether oxygens (including phenoxy) is 1. The first-order valence-electron chi connectivity index (χ1n) is 4.44. The third-order valence-electron chi connectivity index (χ3n) is 2.55. The molecule has 1 fully saturated rings. The molecule has 3 heteroatoms. The Kier molecular flexibility index (Phi) is 1.79. The first-order chi connectivity index (χ1) is 5.83. The molecule has 0 saturated carbocycles. The minimum Gasteiger partial charge on any atom is -0.447 e. The maximum absolute atomic E-state index is 11.2. The number of rotatable bonds is 1. The van der Waals surface area contributed by atoms with Gasteiger partial charge in [0, 0.05) is 0 Å². The maximum atomic E-state index is 11.2. The van der Waals surface area contributed by atoms with Gasteiger partial charge < -0.3 is 4.74 Å². The summed E-state index contributed by atoms with van der Waals surface area (Å²) in [6, 6.07) is 0.561. The first-order valence-corrected chi connectivity index (χ1v) is 4.44. The average Bonchev–Trinajstić information content (AvgIpc) is 2.48. The molecule has 1 amide bonds. The zero-order valence-electron chi connectivity index (χ0n) is 7.19. The van der Waals surface area contributed by atoms with Crippen LogP contribution in [0.2, 0.25) is 0 Å². The van der Waals surface area contributed by atoms with E-state index in [1.54, 1.807) is 0 Å². The molecule has 12 heavy (non-hydrogen) atoms. The summed E-state index contributed by atoms with van der Waals surface area (Å²) < 4.78 is 4.98. The van der Waals surface area contributed by atoms with Gasteiger partial charge in [-0.05, 0) is 12.8 Å². The predicted molar refractivity (Wildman–Crippen MR) is 44.8 cm³/mol. The third kappa shape index (κ3) is 1.00. The van der Waals surface area contributed by atoms with Crippen molar-refractivity contribution in [2.24, 2.45) is 0 Å². The van der Waals surface area contributed by atoms with Gasteiger partial charge in [0.1, 0.15) is 6.61 Å². The van der Waals surface area contributed by atoms with Crippen LogP contribution in [0.5, 0.6) is 0 Å². The van der Waals surface area contributed by atoms with E-state index in [1.807, 2.05) is 4.90 Å². The minimum absolute atomic E-state index is 0.142. The van der Waals surface area contributed by atoms with Crippen molar-refractivity contribution in [3.63, 3.8) is 0 Å². The van der Waals surface area contributed by atoms with Crippen LogP contribution in [-0.4, -0.2) is 29.7 Å². The second-order valence-electron chi connectivity index (χ2n) is 3.28. The molecule has 0 spiro atoms. The molecule has 0 N–H and O–H groups in total. The molecule has 0 aromatic heterocycles. The molecule has 0 aliphatic carbocycles. The quantitative estimate of drug-likeness (QED) is 0.554. The molecule has 66 valence electrons. The third-order valence-corrected chi connectivity index (χ3v) is 2.55. The fraction of sp³-hybridized carbons (Fsp3) is 0.667. The second kappa shape index (κ2) is 2.81. The Morgan fingerprint density at radius 2 is 2.58 bits per heavy atom. The van der Waals surface area contributed by atoms with Crippen molar-refractivity contribution in [1.82, 2.24) is 4.90 Å². The van der Waals surface area contributed by atoms with E-state index in [4.69, 9.17) is 4.74 Å². The number of cyclic esters (lactones) is 1. The summed E-state index contributed by atoms with van der Waals surface area (Å²) in [5.74, 6) is 0. The van der Waals surface area contributed by atoms with E-state index in [0.29, 0.717) is 12.6 Å². The highest BCUT2D eigenvalue weighted by molar-refractivity contribution is 5.71. The van der Waals surface area contributed by atoms with Crippen LogP contribution in [0.15, 0.2) is 12.2 Å². The van der Waals surface area contributed by atoms with Gasteiger partial charge in [-0.3, -0.25) is 4.90 Å². The Morgan fingerprint density at radius 1 is 1.75 bits per heavy atom. The standard InChI is InChI=1S/C9H13NO2/c1-2-7-4-3-5-8-6-12-9(11)10(7)8/h3-4,7-8H,2,5-6H2,1H3/t7-,8+/m1/s1. The smallest absolute Gasteiger partial charge is 0.410 e. The molecule has 2 heterocycles. The number of carbonyl (C=O) groups is 1. The molecule has 2 aliphatic heterocycles. The number of carbonyl (C=O) groups excluding carboxylic acids is 1. The summed E-state index contributed by atoms with van der Waals surface area (Å²) in [7, 11) is 0. The van der Waals surface area contributed by atoms with Gasteiger partial charge in [0.15, 0.2) is 0 Å². The van der Waals surface area contributed by atoms with Gasteiger partial charge in [0.05, 0.1) is 12.1 Å². The van der Waals surface area contributed by atoms with Crippen molar-refractivity contribution in [3.8, 4) is 0 Å². The van der Waals surface area contributed by atoms with Gasteiger partial charge >= 0.3 is 6.09 Å². The minimum atomic E-state index is -0.142. The zero-order chi connectivity index (χ0) is 8.55. The monoisotopic (exact) mass is 167 g/mol. The number of amides is 1. The molecule has 0 aromatic rings. The van der Waals surface area contributed by atoms with Gasteiger partial charge in [-0.15, -0.1) is 0 Å². The lowest BCUT2D eigenvalue weighted by Crippen LogP contribution is -2.42. The molecule has 2 rings (SSSR count). The topological polar surface area (TPSA) is 29.5 Å². The number of hydrogen-bond donors (Lipinski definition) is 0. The van der Waals surface area contributed by atoms with Crippen LogP contribution in [-0.2, 0) is 4.74 Å². The second-order valence-corrected chi connectivity index (χ2v) is 3.28. The van der Waals surface area contributed by atoms with E-state index in [9.17, 15) is 4.79 Å².